The molecular formula is C29H25F3N4O4. The van der Waals surface area contributed by atoms with E-state index in [1.165, 1.54) is 17.0 Å². The van der Waals surface area contributed by atoms with E-state index in [9.17, 15) is 32.3 Å². The van der Waals surface area contributed by atoms with Crippen LogP contribution in [0.4, 0.5) is 24.5 Å². The lowest BCUT2D eigenvalue weighted by molar-refractivity contribution is -0.134. The monoisotopic (exact) mass is 550 g/mol. The van der Waals surface area contributed by atoms with Crippen LogP contribution in [0, 0.1) is 5.82 Å². The smallest absolute Gasteiger partial charge is 0.259 e. The Hall–Kier alpha value is -4.25. The predicted octanol–water partition coefficient (Wildman–Crippen LogP) is 4.23. The zero-order valence-electron chi connectivity index (χ0n) is 21.3. The average molecular weight is 551 g/mol. The number of hydrogen-bond donors (Lipinski definition) is 2. The third-order valence-corrected chi connectivity index (χ3v) is 7.79. The summed E-state index contributed by atoms with van der Waals surface area (Å²) in [6.45, 7) is 0.517. The molecule has 3 aromatic rings. The van der Waals surface area contributed by atoms with Gasteiger partial charge in [-0.15, -0.1) is 0 Å². The zero-order chi connectivity index (χ0) is 28.2. The number of imide groups is 1. The van der Waals surface area contributed by atoms with Crippen LogP contribution >= 0.6 is 0 Å². The van der Waals surface area contributed by atoms with Crippen LogP contribution in [0.2, 0.25) is 0 Å². The van der Waals surface area contributed by atoms with Gasteiger partial charge in [0.15, 0.2) is 0 Å². The Labute approximate surface area is 227 Å². The molecule has 40 heavy (non-hydrogen) atoms. The first-order chi connectivity index (χ1) is 19.1. The van der Waals surface area contributed by atoms with Crippen molar-refractivity contribution in [3.05, 3.63) is 71.0 Å². The Kier molecular flexibility index (Phi) is 6.33. The molecule has 2 saturated heterocycles. The molecule has 11 heteroatoms. The van der Waals surface area contributed by atoms with Gasteiger partial charge in [0.05, 0.1) is 5.69 Å². The third kappa shape index (κ3) is 4.60. The standard InChI is InChI=1S/C29H25F3N4O4/c30-20-14-16(4-5-17(20)15-35-12-10-29(31,32)11-13-35)26(38)33-21-6-7-22-25-18(21)2-1-3-19(25)28(40)36(22)23-8-9-24(37)34-27(23)39/h1-7,14,23H,8-13,15H2,(H,33,38)(H,34,37,39). The van der Waals surface area contributed by atoms with Crippen molar-refractivity contribution in [2.75, 3.05) is 23.3 Å². The van der Waals surface area contributed by atoms with Gasteiger partial charge in [0, 0.05) is 72.0 Å². The van der Waals surface area contributed by atoms with Crippen LogP contribution in [-0.2, 0) is 16.1 Å². The Morgan fingerprint density at radius 3 is 2.55 bits per heavy atom. The summed E-state index contributed by atoms with van der Waals surface area (Å²) in [6, 6.07) is 11.6. The predicted molar refractivity (Wildman–Crippen MR) is 141 cm³/mol. The Morgan fingerprint density at radius 2 is 1.82 bits per heavy atom. The molecule has 0 bridgehead atoms. The number of nitrogens with one attached hydrogen (secondary N) is 2. The lowest BCUT2D eigenvalue weighted by Gasteiger charge is -2.31. The third-order valence-electron chi connectivity index (χ3n) is 7.79. The van der Waals surface area contributed by atoms with E-state index in [0.717, 1.165) is 6.07 Å². The summed E-state index contributed by atoms with van der Waals surface area (Å²) in [7, 11) is 0. The van der Waals surface area contributed by atoms with Gasteiger partial charge < -0.3 is 5.32 Å². The van der Waals surface area contributed by atoms with E-state index in [-0.39, 0.29) is 62.7 Å². The minimum atomic E-state index is -2.68. The van der Waals surface area contributed by atoms with Crippen molar-refractivity contribution >= 4 is 45.8 Å². The molecule has 0 saturated carbocycles. The van der Waals surface area contributed by atoms with Gasteiger partial charge in [0.2, 0.25) is 11.8 Å². The average Bonchev–Trinajstić information content (AvgIpc) is 3.20. The summed E-state index contributed by atoms with van der Waals surface area (Å²) in [6.07, 6.45) is -0.200. The highest BCUT2D eigenvalue weighted by Crippen LogP contribution is 2.42. The maximum Gasteiger partial charge on any atom is 0.259 e. The Bertz CT molecular complexity index is 1580. The number of hydrogen-bond acceptors (Lipinski definition) is 5. The van der Waals surface area contributed by atoms with Crippen molar-refractivity contribution in [2.24, 2.45) is 0 Å². The van der Waals surface area contributed by atoms with Crippen LogP contribution in [0.1, 0.15) is 52.0 Å². The van der Waals surface area contributed by atoms with Gasteiger partial charge in [0.1, 0.15) is 11.9 Å². The fourth-order valence-corrected chi connectivity index (χ4v) is 5.64. The number of alkyl halides is 2. The van der Waals surface area contributed by atoms with Crippen molar-refractivity contribution in [2.45, 2.75) is 44.2 Å². The molecule has 3 aliphatic heterocycles. The van der Waals surface area contributed by atoms with Gasteiger partial charge in [0.25, 0.3) is 17.7 Å². The van der Waals surface area contributed by atoms with E-state index in [2.05, 4.69) is 10.6 Å². The molecule has 0 spiro atoms. The van der Waals surface area contributed by atoms with Gasteiger partial charge in [-0.1, -0.05) is 18.2 Å². The van der Waals surface area contributed by atoms with E-state index in [0.29, 0.717) is 33.3 Å². The molecule has 3 aliphatic rings. The lowest BCUT2D eigenvalue weighted by Crippen LogP contribution is -2.53. The fourth-order valence-electron chi connectivity index (χ4n) is 5.64. The number of carbonyl (C=O) groups is 4. The topological polar surface area (TPSA) is 98.8 Å². The number of piperidine rings is 2. The summed E-state index contributed by atoms with van der Waals surface area (Å²) < 4.78 is 41.7. The molecule has 6 rings (SSSR count). The van der Waals surface area contributed by atoms with Crippen LogP contribution in [0.3, 0.4) is 0 Å². The molecule has 3 heterocycles. The van der Waals surface area contributed by atoms with Crippen molar-refractivity contribution in [3.63, 3.8) is 0 Å². The van der Waals surface area contributed by atoms with Crippen molar-refractivity contribution < 1.29 is 32.3 Å². The SMILES string of the molecule is O=C1CCC(N2C(=O)c3cccc4c(NC(=O)c5ccc(CN6CCC(F)(F)CC6)c(F)c5)ccc2c34)C(=O)N1. The van der Waals surface area contributed by atoms with Gasteiger partial charge in [-0.3, -0.25) is 34.3 Å². The highest BCUT2D eigenvalue weighted by molar-refractivity contribution is 6.29. The molecule has 1 unspecified atom stereocenters. The maximum atomic E-state index is 14.9. The van der Waals surface area contributed by atoms with Crippen LogP contribution in [-0.4, -0.2) is 53.6 Å². The summed E-state index contributed by atoms with van der Waals surface area (Å²) in [5.74, 6) is -5.13. The summed E-state index contributed by atoms with van der Waals surface area (Å²) in [5.41, 5.74) is 1.69. The molecule has 1 atom stereocenters. The van der Waals surface area contributed by atoms with Crippen molar-refractivity contribution in [3.8, 4) is 0 Å². The molecule has 4 amide bonds. The number of anilines is 2. The quantitative estimate of drug-likeness (QED) is 0.464. The van der Waals surface area contributed by atoms with E-state index >= 15 is 0 Å². The van der Waals surface area contributed by atoms with Crippen molar-refractivity contribution in [1.29, 1.82) is 0 Å². The molecule has 0 aliphatic carbocycles. The van der Waals surface area contributed by atoms with Gasteiger partial charge in [-0.05, 0) is 36.8 Å². The highest BCUT2D eigenvalue weighted by atomic mass is 19.3. The Morgan fingerprint density at radius 1 is 1.05 bits per heavy atom. The normalized spacial score (nSPS) is 20.6. The maximum absolute atomic E-state index is 14.9. The first-order valence-electron chi connectivity index (χ1n) is 13.0. The number of rotatable bonds is 5. The van der Waals surface area contributed by atoms with Crippen LogP contribution in [0.25, 0.3) is 10.8 Å². The zero-order valence-corrected chi connectivity index (χ0v) is 21.3. The molecule has 2 fully saturated rings. The van der Waals surface area contributed by atoms with Gasteiger partial charge in [-0.25, -0.2) is 13.2 Å². The van der Waals surface area contributed by atoms with E-state index < -0.39 is 29.6 Å². The second kappa shape index (κ2) is 9.74. The van der Waals surface area contributed by atoms with E-state index in [1.54, 1.807) is 35.2 Å². The van der Waals surface area contributed by atoms with Crippen LogP contribution in [0.15, 0.2) is 48.5 Å². The summed E-state index contributed by atoms with van der Waals surface area (Å²) in [4.78, 5) is 53.7. The second-order valence-corrected chi connectivity index (χ2v) is 10.4. The fraction of sp³-hybridized carbons (Fsp3) is 0.310. The minimum absolute atomic E-state index is 0.0796. The number of benzene rings is 3. The minimum Gasteiger partial charge on any atom is -0.321 e. The van der Waals surface area contributed by atoms with Crippen LogP contribution < -0.4 is 15.5 Å². The molecule has 2 N–H and O–H groups in total. The molecular weight excluding hydrogens is 525 g/mol. The Balaban J connectivity index is 1.23. The van der Waals surface area contributed by atoms with Crippen molar-refractivity contribution in [1.82, 2.24) is 10.2 Å². The van der Waals surface area contributed by atoms with Gasteiger partial charge >= 0.3 is 0 Å². The molecule has 206 valence electrons. The number of carbonyl (C=O) groups excluding carboxylic acids is 4. The molecule has 8 nitrogen and oxygen atoms in total. The number of likely N-dealkylation sites (tertiary alicyclic amines) is 1. The molecule has 0 radical (unpaired) electrons. The van der Waals surface area contributed by atoms with E-state index in [4.69, 9.17) is 0 Å². The summed E-state index contributed by atoms with van der Waals surface area (Å²) >= 11 is 0. The number of halogens is 3. The first kappa shape index (κ1) is 26.0. The number of amides is 4. The first-order valence-corrected chi connectivity index (χ1v) is 13.0. The van der Waals surface area contributed by atoms with Gasteiger partial charge in [-0.2, -0.15) is 0 Å². The largest absolute Gasteiger partial charge is 0.321 e. The number of nitrogens with zero attached hydrogens (tertiary/aromatic N) is 2. The van der Waals surface area contributed by atoms with Crippen LogP contribution in [0.5, 0.6) is 0 Å². The highest BCUT2D eigenvalue weighted by Gasteiger charge is 2.41. The molecule has 3 aromatic carbocycles. The summed E-state index contributed by atoms with van der Waals surface area (Å²) in [5, 5.41) is 6.22. The molecule has 0 aromatic heterocycles. The van der Waals surface area contributed by atoms with E-state index in [1.807, 2.05) is 0 Å². The second-order valence-electron chi connectivity index (χ2n) is 10.4. The lowest BCUT2D eigenvalue weighted by atomic mass is 10.0.